The van der Waals surface area contributed by atoms with Crippen LogP contribution in [0.3, 0.4) is 0 Å². The van der Waals surface area contributed by atoms with Crippen molar-refractivity contribution in [3.05, 3.63) is 16.1 Å². The van der Waals surface area contributed by atoms with E-state index in [4.69, 9.17) is 0 Å². The van der Waals surface area contributed by atoms with Gasteiger partial charge < -0.3 is 5.32 Å². The van der Waals surface area contributed by atoms with Crippen LogP contribution in [0.15, 0.2) is 6.20 Å². The third-order valence-electron chi connectivity index (χ3n) is 2.39. The average Bonchev–Trinajstić information content (AvgIpc) is 2.69. The highest BCUT2D eigenvalue weighted by molar-refractivity contribution is 7.13. The van der Waals surface area contributed by atoms with Gasteiger partial charge in [0, 0.05) is 6.42 Å². The molecule has 0 saturated carbocycles. The maximum atomic E-state index is 11.7. The van der Waals surface area contributed by atoms with Gasteiger partial charge in [-0.3, -0.25) is 19.7 Å². The standard InChI is InChI=1S/C10H11N3O3S/c1-5-11-4-7(17-5)10(16)12-6-2-3-8(14)13-9(6)15/h4,6H,2-3H2,1H3,(H,12,16)(H,13,14,15). The van der Waals surface area contributed by atoms with Crippen LogP contribution in [0.2, 0.25) is 0 Å². The number of hydrogen-bond donors (Lipinski definition) is 2. The Morgan fingerprint density at radius 2 is 2.35 bits per heavy atom. The largest absolute Gasteiger partial charge is 0.339 e. The maximum Gasteiger partial charge on any atom is 0.263 e. The van der Waals surface area contributed by atoms with E-state index in [1.165, 1.54) is 17.5 Å². The van der Waals surface area contributed by atoms with Crippen molar-refractivity contribution in [2.24, 2.45) is 0 Å². The highest BCUT2D eigenvalue weighted by Crippen LogP contribution is 2.12. The lowest BCUT2D eigenvalue weighted by atomic mass is 10.1. The number of imide groups is 1. The molecule has 0 spiro atoms. The predicted molar refractivity (Wildman–Crippen MR) is 60.5 cm³/mol. The minimum atomic E-state index is -0.636. The number of carbonyl (C=O) groups is 3. The van der Waals surface area contributed by atoms with Gasteiger partial charge in [-0.2, -0.15) is 0 Å². The first-order chi connectivity index (χ1) is 8.06. The van der Waals surface area contributed by atoms with Gasteiger partial charge in [0.25, 0.3) is 5.91 Å². The number of aromatic nitrogens is 1. The van der Waals surface area contributed by atoms with Crippen LogP contribution in [0.25, 0.3) is 0 Å². The molecule has 3 amide bonds. The molecule has 2 heterocycles. The van der Waals surface area contributed by atoms with E-state index in [9.17, 15) is 14.4 Å². The Hall–Kier alpha value is -1.76. The summed E-state index contributed by atoms with van der Waals surface area (Å²) in [6.07, 6.45) is 2.06. The van der Waals surface area contributed by atoms with E-state index in [0.29, 0.717) is 11.3 Å². The quantitative estimate of drug-likeness (QED) is 0.725. The fourth-order valence-corrected chi connectivity index (χ4v) is 2.21. The highest BCUT2D eigenvalue weighted by Gasteiger charge is 2.28. The normalized spacial score (nSPS) is 19.9. The zero-order chi connectivity index (χ0) is 12.4. The zero-order valence-corrected chi connectivity index (χ0v) is 9.97. The topological polar surface area (TPSA) is 88.2 Å². The molecule has 1 aromatic heterocycles. The first kappa shape index (κ1) is 11.7. The Labute approximate surface area is 101 Å². The van der Waals surface area contributed by atoms with E-state index >= 15 is 0 Å². The van der Waals surface area contributed by atoms with Gasteiger partial charge in [0.05, 0.1) is 11.2 Å². The number of piperidine rings is 1. The van der Waals surface area contributed by atoms with Crippen LogP contribution < -0.4 is 10.6 Å². The minimum absolute atomic E-state index is 0.248. The average molecular weight is 253 g/mol. The summed E-state index contributed by atoms with van der Waals surface area (Å²) in [5.74, 6) is -1.07. The lowest BCUT2D eigenvalue weighted by molar-refractivity contribution is -0.134. The Kier molecular flexibility index (Phi) is 3.19. The smallest absolute Gasteiger partial charge is 0.263 e. The molecule has 7 heteroatoms. The zero-order valence-electron chi connectivity index (χ0n) is 9.15. The summed E-state index contributed by atoms with van der Waals surface area (Å²) >= 11 is 1.26. The second-order valence-corrected chi connectivity index (χ2v) is 4.96. The molecule has 0 bridgehead atoms. The summed E-state index contributed by atoms with van der Waals surface area (Å²) in [6, 6.07) is -0.636. The molecule has 17 heavy (non-hydrogen) atoms. The van der Waals surface area contributed by atoms with Crippen molar-refractivity contribution in [3.63, 3.8) is 0 Å². The van der Waals surface area contributed by atoms with Crippen molar-refractivity contribution >= 4 is 29.1 Å². The molecule has 0 aromatic carbocycles. The molecule has 1 unspecified atom stereocenters. The van der Waals surface area contributed by atoms with Crippen molar-refractivity contribution in [2.75, 3.05) is 0 Å². The Balaban J connectivity index is 1.99. The van der Waals surface area contributed by atoms with Crippen LogP contribution in [-0.4, -0.2) is 28.7 Å². The molecule has 2 rings (SSSR count). The summed E-state index contributed by atoms with van der Waals surface area (Å²) in [5, 5.41) is 5.56. The number of aryl methyl sites for hydroxylation is 1. The third kappa shape index (κ3) is 2.68. The van der Waals surface area contributed by atoms with Crippen LogP contribution in [0, 0.1) is 6.92 Å². The van der Waals surface area contributed by atoms with Crippen molar-refractivity contribution in [3.8, 4) is 0 Å². The SMILES string of the molecule is Cc1ncc(C(=O)NC2CCC(=O)NC2=O)s1. The molecule has 1 aliphatic heterocycles. The van der Waals surface area contributed by atoms with Crippen LogP contribution >= 0.6 is 11.3 Å². The second kappa shape index (κ2) is 4.62. The Bertz CT molecular complexity index is 483. The molecule has 1 fully saturated rings. The van der Waals surface area contributed by atoms with Crippen LogP contribution in [0.5, 0.6) is 0 Å². The molecular formula is C10H11N3O3S. The molecule has 0 aliphatic carbocycles. The van der Waals surface area contributed by atoms with E-state index in [2.05, 4.69) is 15.6 Å². The number of nitrogens with one attached hydrogen (secondary N) is 2. The van der Waals surface area contributed by atoms with Gasteiger partial charge in [0.1, 0.15) is 10.9 Å². The number of nitrogens with zero attached hydrogens (tertiary/aromatic N) is 1. The van der Waals surface area contributed by atoms with Crippen LogP contribution in [0.4, 0.5) is 0 Å². The number of carbonyl (C=O) groups excluding carboxylic acids is 3. The summed E-state index contributed by atoms with van der Waals surface area (Å²) in [5.41, 5.74) is 0. The predicted octanol–water partition coefficient (Wildman–Crippen LogP) is -0.0135. The van der Waals surface area contributed by atoms with Gasteiger partial charge in [-0.15, -0.1) is 11.3 Å². The van der Waals surface area contributed by atoms with Crippen molar-refractivity contribution < 1.29 is 14.4 Å². The Morgan fingerprint density at radius 1 is 1.59 bits per heavy atom. The molecule has 1 saturated heterocycles. The molecule has 1 aliphatic rings. The van der Waals surface area contributed by atoms with E-state index in [1.54, 1.807) is 6.92 Å². The summed E-state index contributed by atoms with van der Waals surface area (Å²) < 4.78 is 0. The maximum absolute atomic E-state index is 11.7. The number of amides is 3. The van der Waals surface area contributed by atoms with Gasteiger partial charge in [0.15, 0.2) is 0 Å². The molecule has 1 aromatic rings. The molecule has 90 valence electrons. The van der Waals surface area contributed by atoms with E-state index in [0.717, 1.165) is 5.01 Å². The number of thiazole rings is 1. The third-order valence-corrected chi connectivity index (χ3v) is 3.30. The van der Waals surface area contributed by atoms with Gasteiger partial charge >= 0.3 is 0 Å². The molecule has 1 atom stereocenters. The van der Waals surface area contributed by atoms with Crippen molar-refractivity contribution in [1.82, 2.24) is 15.6 Å². The second-order valence-electron chi connectivity index (χ2n) is 3.72. The van der Waals surface area contributed by atoms with E-state index < -0.39 is 11.9 Å². The molecule has 6 nitrogen and oxygen atoms in total. The Morgan fingerprint density at radius 3 is 2.94 bits per heavy atom. The van der Waals surface area contributed by atoms with E-state index in [-0.39, 0.29) is 18.2 Å². The fraction of sp³-hybridized carbons (Fsp3) is 0.400. The number of rotatable bonds is 2. The van der Waals surface area contributed by atoms with Gasteiger partial charge in [-0.05, 0) is 13.3 Å². The van der Waals surface area contributed by atoms with Gasteiger partial charge in [0.2, 0.25) is 11.8 Å². The highest BCUT2D eigenvalue weighted by atomic mass is 32.1. The van der Waals surface area contributed by atoms with Crippen molar-refractivity contribution in [2.45, 2.75) is 25.8 Å². The first-order valence-electron chi connectivity index (χ1n) is 5.13. The van der Waals surface area contributed by atoms with Crippen LogP contribution in [0.1, 0.15) is 27.5 Å². The summed E-state index contributed by atoms with van der Waals surface area (Å²) in [7, 11) is 0. The lowest BCUT2D eigenvalue weighted by Crippen LogP contribution is -2.52. The first-order valence-corrected chi connectivity index (χ1v) is 5.95. The van der Waals surface area contributed by atoms with Crippen molar-refractivity contribution in [1.29, 1.82) is 0 Å². The summed E-state index contributed by atoms with van der Waals surface area (Å²) in [4.78, 5) is 38.5. The fourth-order valence-electron chi connectivity index (χ4n) is 1.53. The van der Waals surface area contributed by atoms with Crippen LogP contribution in [-0.2, 0) is 9.59 Å². The lowest BCUT2D eigenvalue weighted by Gasteiger charge is -2.21. The monoisotopic (exact) mass is 253 g/mol. The number of hydrogen-bond acceptors (Lipinski definition) is 5. The van der Waals surface area contributed by atoms with Gasteiger partial charge in [-0.1, -0.05) is 0 Å². The summed E-state index contributed by atoms with van der Waals surface area (Å²) in [6.45, 7) is 1.80. The minimum Gasteiger partial charge on any atom is -0.339 e. The van der Waals surface area contributed by atoms with Gasteiger partial charge in [-0.25, -0.2) is 4.98 Å². The van der Waals surface area contributed by atoms with E-state index in [1.807, 2.05) is 0 Å². The molecular weight excluding hydrogens is 242 g/mol. The molecule has 0 radical (unpaired) electrons. The molecule has 2 N–H and O–H groups in total.